The van der Waals surface area contributed by atoms with Gasteiger partial charge in [0.2, 0.25) is 0 Å². The zero-order valence-corrected chi connectivity index (χ0v) is 10.2. The number of thiophene rings is 1. The lowest BCUT2D eigenvalue weighted by molar-refractivity contribution is -0.0376. The molecule has 0 aromatic carbocycles. The molecular formula is C10H13BrO2S. The Morgan fingerprint density at radius 3 is 3.00 bits per heavy atom. The summed E-state index contributed by atoms with van der Waals surface area (Å²) in [5.74, 6) is 0. The molecular weight excluding hydrogens is 264 g/mol. The molecule has 1 aromatic rings. The third-order valence-electron chi connectivity index (χ3n) is 2.68. The van der Waals surface area contributed by atoms with Crippen LogP contribution in [0.15, 0.2) is 15.2 Å². The number of hydrogen-bond acceptors (Lipinski definition) is 3. The van der Waals surface area contributed by atoms with Gasteiger partial charge in [-0.1, -0.05) is 0 Å². The third kappa shape index (κ3) is 2.03. The van der Waals surface area contributed by atoms with Crippen LogP contribution < -0.4 is 0 Å². The summed E-state index contributed by atoms with van der Waals surface area (Å²) in [4.78, 5) is 0. The van der Waals surface area contributed by atoms with Crippen molar-refractivity contribution in [2.45, 2.75) is 24.9 Å². The summed E-state index contributed by atoms with van der Waals surface area (Å²) in [6, 6.07) is 2.09. The summed E-state index contributed by atoms with van der Waals surface area (Å²) < 4.78 is 6.81. The Morgan fingerprint density at radius 2 is 2.50 bits per heavy atom. The van der Waals surface area contributed by atoms with Crippen molar-refractivity contribution in [1.82, 2.24) is 0 Å². The van der Waals surface area contributed by atoms with E-state index in [2.05, 4.69) is 27.4 Å². The van der Waals surface area contributed by atoms with Crippen LogP contribution in [0.2, 0.25) is 0 Å². The Morgan fingerprint density at radius 1 is 1.64 bits per heavy atom. The molecule has 0 radical (unpaired) electrons. The topological polar surface area (TPSA) is 29.5 Å². The van der Waals surface area contributed by atoms with E-state index in [-0.39, 0.29) is 12.2 Å². The molecule has 1 unspecified atom stereocenters. The fraction of sp³-hybridized carbons (Fsp3) is 0.600. The van der Waals surface area contributed by atoms with E-state index in [9.17, 15) is 5.11 Å². The van der Waals surface area contributed by atoms with Gasteiger partial charge in [-0.25, -0.2) is 0 Å². The first kappa shape index (κ1) is 10.6. The van der Waals surface area contributed by atoms with Gasteiger partial charge in [-0.05, 0) is 45.8 Å². The van der Waals surface area contributed by atoms with Gasteiger partial charge >= 0.3 is 0 Å². The first-order valence-electron chi connectivity index (χ1n) is 4.72. The fourth-order valence-corrected chi connectivity index (χ4v) is 3.11. The molecule has 0 saturated carbocycles. The van der Waals surface area contributed by atoms with Gasteiger partial charge in [-0.15, -0.1) is 11.3 Å². The lowest BCUT2D eigenvalue weighted by Crippen LogP contribution is -2.34. The van der Waals surface area contributed by atoms with Crippen molar-refractivity contribution >= 4 is 27.3 Å². The molecule has 1 saturated heterocycles. The number of hydrogen-bond donors (Lipinski definition) is 1. The van der Waals surface area contributed by atoms with Crippen molar-refractivity contribution in [2.24, 2.45) is 0 Å². The quantitative estimate of drug-likeness (QED) is 0.920. The minimum Gasteiger partial charge on any atom is -0.393 e. The molecule has 1 aliphatic heterocycles. The Bertz CT molecular complexity index is 305. The molecule has 2 rings (SSSR count). The van der Waals surface area contributed by atoms with Gasteiger partial charge in [0.25, 0.3) is 0 Å². The van der Waals surface area contributed by atoms with Crippen molar-refractivity contribution in [3.8, 4) is 0 Å². The molecule has 4 heteroatoms. The molecule has 14 heavy (non-hydrogen) atoms. The zero-order chi connectivity index (χ0) is 10.0. The molecule has 2 heterocycles. The number of rotatable bonds is 3. The summed E-state index contributed by atoms with van der Waals surface area (Å²) in [7, 11) is 0. The summed E-state index contributed by atoms with van der Waals surface area (Å²) in [5.41, 5.74) is 0.926. The SMILES string of the molecule is OCC1(Cc2ccsc2Br)CCCO1. The number of aliphatic hydroxyl groups excluding tert-OH is 1. The van der Waals surface area contributed by atoms with Crippen LogP contribution in [0.4, 0.5) is 0 Å². The van der Waals surface area contributed by atoms with Gasteiger partial charge in [0, 0.05) is 13.0 Å². The average molecular weight is 277 g/mol. The van der Waals surface area contributed by atoms with Crippen molar-refractivity contribution in [3.05, 3.63) is 20.8 Å². The highest BCUT2D eigenvalue weighted by atomic mass is 79.9. The molecule has 0 spiro atoms. The predicted octanol–water partition coefficient (Wildman–Crippen LogP) is 2.59. The third-order valence-corrected chi connectivity index (χ3v) is 4.49. The van der Waals surface area contributed by atoms with Crippen LogP contribution in [0.5, 0.6) is 0 Å². The van der Waals surface area contributed by atoms with E-state index in [4.69, 9.17) is 4.74 Å². The van der Waals surface area contributed by atoms with E-state index in [1.165, 1.54) is 5.56 Å². The van der Waals surface area contributed by atoms with Gasteiger partial charge in [0.15, 0.2) is 0 Å². The molecule has 1 fully saturated rings. The first-order valence-corrected chi connectivity index (χ1v) is 6.40. The highest BCUT2D eigenvalue weighted by molar-refractivity contribution is 9.11. The van der Waals surface area contributed by atoms with E-state index in [1.54, 1.807) is 11.3 Å². The Kier molecular flexibility index (Phi) is 3.27. The van der Waals surface area contributed by atoms with Crippen molar-refractivity contribution < 1.29 is 9.84 Å². The first-order chi connectivity index (χ1) is 6.76. The summed E-state index contributed by atoms with van der Waals surface area (Å²) >= 11 is 5.18. The van der Waals surface area contributed by atoms with Crippen LogP contribution in [-0.2, 0) is 11.2 Å². The summed E-state index contributed by atoms with van der Waals surface area (Å²) in [6.07, 6.45) is 2.84. The van der Waals surface area contributed by atoms with Gasteiger partial charge < -0.3 is 9.84 Å². The Labute approximate surface area is 96.0 Å². The summed E-state index contributed by atoms with van der Waals surface area (Å²) in [6.45, 7) is 0.900. The maximum atomic E-state index is 9.37. The van der Waals surface area contributed by atoms with Gasteiger partial charge in [-0.2, -0.15) is 0 Å². The van der Waals surface area contributed by atoms with E-state index >= 15 is 0 Å². The van der Waals surface area contributed by atoms with Gasteiger partial charge in [0.1, 0.15) is 0 Å². The predicted molar refractivity (Wildman–Crippen MR) is 60.7 cm³/mol. The zero-order valence-electron chi connectivity index (χ0n) is 7.83. The molecule has 2 nitrogen and oxygen atoms in total. The number of ether oxygens (including phenoxy) is 1. The smallest absolute Gasteiger partial charge is 0.0953 e. The Hall–Kier alpha value is 0.1000. The van der Waals surface area contributed by atoms with Crippen molar-refractivity contribution in [3.63, 3.8) is 0 Å². The van der Waals surface area contributed by atoms with Crippen molar-refractivity contribution in [2.75, 3.05) is 13.2 Å². The van der Waals surface area contributed by atoms with E-state index < -0.39 is 0 Å². The highest BCUT2D eigenvalue weighted by Crippen LogP contribution is 2.33. The Balaban J connectivity index is 2.12. The lowest BCUT2D eigenvalue weighted by atomic mass is 9.94. The van der Waals surface area contributed by atoms with Crippen LogP contribution in [0.3, 0.4) is 0 Å². The number of halogens is 1. The fourth-order valence-electron chi connectivity index (χ4n) is 1.87. The van der Waals surface area contributed by atoms with Gasteiger partial charge in [-0.3, -0.25) is 0 Å². The maximum absolute atomic E-state index is 9.37. The molecule has 0 amide bonds. The van der Waals surface area contributed by atoms with Crippen molar-refractivity contribution in [1.29, 1.82) is 0 Å². The van der Waals surface area contributed by atoms with E-state index in [0.717, 1.165) is 29.7 Å². The normalized spacial score (nSPS) is 27.0. The minimum absolute atomic E-state index is 0.120. The van der Waals surface area contributed by atoms with E-state index in [1.807, 2.05) is 0 Å². The highest BCUT2D eigenvalue weighted by Gasteiger charge is 2.35. The maximum Gasteiger partial charge on any atom is 0.0953 e. The minimum atomic E-state index is -0.316. The molecule has 0 bridgehead atoms. The molecule has 1 aromatic heterocycles. The second-order valence-corrected chi connectivity index (χ2v) is 5.92. The monoisotopic (exact) mass is 276 g/mol. The largest absolute Gasteiger partial charge is 0.393 e. The molecule has 1 N–H and O–H groups in total. The standard InChI is InChI=1S/C10H13BrO2S/c11-9-8(2-5-14-9)6-10(7-12)3-1-4-13-10/h2,5,12H,1,3-4,6-7H2. The van der Waals surface area contributed by atoms with E-state index in [0.29, 0.717) is 0 Å². The van der Waals surface area contributed by atoms with Crippen LogP contribution in [0, 0.1) is 0 Å². The average Bonchev–Trinajstić information content (AvgIpc) is 2.79. The second-order valence-electron chi connectivity index (χ2n) is 3.69. The van der Waals surface area contributed by atoms with Crippen LogP contribution in [0.1, 0.15) is 18.4 Å². The van der Waals surface area contributed by atoms with Crippen LogP contribution >= 0.6 is 27.3 Å². The molecule has 1 atom stereocenters. The molecule has 0 aliphatic carbocycles. The van der Waals surface area contributed by atoms with Crippen LogP contribution in [-0.4, -0.2) is 23.9 Å². The van der Waals surface area contributed by atoms with Crippen LogP contribution in [0.25, 0.3) is 0 Å². The number of aliphatic hydroxyl groups is 1. The molecule has 1 aliphatic rings. The summed E-state index contributed by atoms with van der Waals surface area (Å²) in [5, 5.41) is 11.4. The second kappa shape index (κ2) is 4.31. The molecule has 78 valence electrons. The van der Waals surface area contributed by atoms with Gasteiger partial charge in [0.05, 0.1) is 16.0 Å². The lowest BCUT2D eigenvalue weighted by Gasteiger charge is -2.25.